The summed E-state index contributed by atoms with van der Waals surface area (Å²) in [6.45, 7) is 3.62. The van der Waals surface area contributed by atoms with Crippen molar-refractivity contribution in [3.05, 3.63) is 59.4 Å². The van der Waals surface area contributed by atoms with Crippen molar-refractivity contribution >= 4 is 17.6 Å². The summed E-state index contributed by atoms with van der Waals surface area (Å²) >= 11 is 0. The maximum atomic E-state index is 12.2. The van der Waals surface area contributed by atoms with E-state index in [0.29, 0.717) is 23.4 Å². The van der Waals surface area contributed by atoms with Gasteiger partial charge in [0, 0.05) is 17.6 Å². The second kappa shape index (κ2) is 7.54. The lowest BCUT2D eigenvalue weighted by Crippen LogP contribution is -2.15. The molecule has 23 heavy (non-hydrogen) atoms. The van der Waals surface area contributed by atoms with Gasteiger partial charge in [-0.15, -0.1) is 0 Å². The molecule has 5 heteroatoms. The number of ether oxygens (including phenoxy) is 1. The number of aryl methyl sites for hydroxylation is 1. The van der Waals surface area contributed by atoms with Crippen LogP contribution in [0.5, 0.6) is 0 Å². The first kappa shape index (κ1) is 16.7. The van der Waals surface area contributed by atoms with Gasteiger partial charge in [-0.3, -0.25) is 14.6 Å². The summed E-state index contributed by atoms with van der Waals surface area (Å²) in [5.74, 6) is -0.612. The van der Waals surface area contributed by atoms with Crippen LogP contribution in [-0.2, 0) is 16.0 Å². The van der Waals surface area contributed by atoms with E-state index in [2.05, 4.69) is 10.3 Å². The standard InChI is InChI=1S/C18H20N2O3/c1-12(18(22)23-3)11-14-6-8-15(9-7-14)20-17(21)16-5-4-10-19-13(16)2/h4-10,12H,11H2,1-3H3,(H,20,21)/t12-/m0/s1. The number of amides is 1. The Morgan fingerprint density at radius 1 is 1.22 bits per heavy atom. The SMILES string of the molecule is COC(=O)[C@@H](C)Cc1ccc(NC(=O)c2cccnc2C)cc1. The molecule has 1 aromatic heterocycles. The van der Waals surface area contributed by atoms with E-state index >= 15 is 0 Å². The fourth-order valence-corrected chi connectivity index (χ4v) is 2.28. The highest BCUT2D eigenvalue weighted by molar-refractivity contribution is 6.04. The molecule has 5 nitrogen and oxygen atoms in total. The Morgan fingerprint density at radius 2 is 1.91 bits per heavy atom. The Morgan fingerprint density at radius 3 is 2.52 bits per heavy atom. The summed E-state index contributed by atoms with van der Waals surface area (Å²) < 4.78 is 4.72. The van der Waals surface area contributed by atoms with Gasteiger partial charge in [0.15, 0.2) is 0 Å². The second-order valence-electron chi connectivity index (χ2n) is 5.42. The van der Waals surface area contributed by atoms with Crippen LogP contribution in [0.1, 0.15) is 28.5 Å². The zero-order valence-electron chi connectivity index (χ0n) is 13.5. The van der Waals surface area contributed by atoms with Crippen molar-refractivity contribution in [1.29, 1.82) is 0 Å². The van der Waals surface area contributed by atoms with Crippen molar-refractivity contribution in [3.8, 4) is 0 Å². The average molecular weight is 312 g/mol. The fraction of sp³-hybridized carbons (Fsp3) is 0.278. The third-order valence-electron chi connectivity index (χ3n) is 3.61. The van der Waals surface area contributed by atoms with Gasteiger partial charge in [-0.2, -0.15) is 0 Å². The molecule has 2 aromatic rings. The van der Waals surface area contributed by atoms with Crippen LogP contribution >= 0.6 is 0 Å². The van der Waals surface area contributed by atoms with E-state index in [9.17, 15) is 9.59 Å². The van der Waals surface area contributed by atoms with Gasteiger partial charge in [0.25, 0.3) is 5.91 Å². The Balaban J connectivity index is 2.01. The number of nitrogens with one attached hydrogen (secondary N) is 1. The molecule has 0 saturated heterocycles. The molecule has 0 fully saturated rings. The summed E-state index contributed by atoms with van der Waals surface area (Å²) in [5, 5.41) is 2.84. The maximum Gasteiger partial charge on any atom is 0.308 e. The van der Waals surface area contributed by atoms with Gasteiger partial charge < -0.3 is 10.1 Å². The number of carbonyl (C=O) groups is 2. The van der Waals surface area contributed by atoms with Gasteiger partial charge in [-0.1, -0.05) is 19.1 Å². The quantitative estimate of drug-likeness (QED) is 0.862. The predicted octanol–water partition coefficient (Wildman–Crippen LogP) is 2.99. The van der Waals surface area contributed by atoms with Crippen molar-refractivity contribution in [1.82, 2.24) is 4.98 Å². The van der Waals surface area contributed by atoms with Crippen molar-refractivity contribution in [2.24, 2.45) is 5.92 Å². The minimum absolute atomic E-state index is 0.189. The minimum Gasteiger partial charge on any atom is -0.469 e. The van der Waals surface area contributed by atoms with Gasteiger partial charge in [0.1, 0.15) is 0 Å². The van der Waals surface area contributed by atoms with Crippen LogP contribution < -0.4 is 5.32 Å². The Labute approximate surface area is 135 Å². The molecule has 120 valence electrons. The van der Waals surface area contributed by atoms with Crippen LogP contribution in [0, 0.1) is 12.8 Å². The predicted molar refractivity (Wildman–Crippen MR) is 88.3 cm³/mol. The summed E-state index contributed by atoms with van der Waals surface area (Å²) in [7, 11) is 1.39. The molecule has 2 rings (SSSR count). The molecule has 1 aromatic carbocycles. The van der Waals surface area contributed by atoms with Crippen LogP contribution in [0.15, 0.2) is 42.6 Å². The molecule has 0 spiro atoms. The Hall–Kier alpha value is -2.69. The average Bonchev–Trinajstić information content (AvgIpc) is 2.56. The zero-order valence-corrected chi connectivity index (χ0v) is 13.5. The Bertz CT molecular complexity index is 696. The van der Waals surface area contributed by atoms with Gasteiger partial charge >= 0.3 is 5.97 Å². The van der Waals surface area contributed by atoms with Gasteiger partial charge in [0.2, 0.25) is 0 Å². The first-order chi connectivity index (χ1) is 11.0. The fourth-order valence-electron chi connectivity index (χ4n) is 2.28. The number of esters is 1. The van der Waals surface area contributed by atoms with Crippen LogP contribution in [0.2, 0.25) is 0 Å². The number of hydrogen-bond donors (Lipinski definition) is 1. The summed E-state index contributed by atoms with van der Waals surface area (Å²) in [5.41, 5.74) is 2.95. The third-order valence-corrected chi connectivity index (χ3v) is 3.61. The van der Waals surface area contributed by atoms with E-state index in [1.54, 1.807) is 25.3 Å². The number of hydrogen-bond acceptors (Lipinski definition) is 4. The molecular formula is C18H20N2O3. The van der Waals surface area contributed by atoms with E-state index in [1.165, 1.54) is 7.11 Å². The maximum absolute atomic E-state index is 12.2. The van der Waals surface area contributed by atoms with Crippen molar-refractivity contribution < 1.29 is 14.3 Å². The lowest BCUT2D eigenvalue weighted by molar-refractivity contribution is -0.144. The molecule has 1 heterocycles. The highest BCUT2D eigenvalue weighted by atomic mass is 16.5. The summed E-state index contributed by atoms with van der Waals surface area (Å²) in [6, 6.07) is 10.9. The van der Waals surface area contributed by atoms with E-state index in [1.807, 2.05) is 31.2 Å². The first-order valence-electron chi connectivity index (χ1n) is 7.41. The van der Waals surface area contributed by atoms with Gasteiger partial charge in [-0.25, -0.2) is 0 Å². The monoisotopic (exact) mass is 312 g/mol. The lowest BCUT2D eigenvalue weighted by atomic mass is 10.0. The zero-order chi connectivity index (χ0) is 16.8. The normalized spacial score (nSPS) is 11.6. The lowest BCUT2D eigenvalue weighted by Gasteiger charge is -2.10. The van der Waals surface area contributed by atoms with Crippen molar-refractivity contribution in [3.63, 3.8) is 0 Å². The number of anilines is 1. The molecule has 1 N–H and O–H groups in total. The smallest absolute Gasteiger partial charge is 0.308 e. The topological polar surface area (TPSA) is 68.3 Å². The van der Waals surface area contributed by atoms with Gasteiger partial charge in [0.05, 0.1) is 18.6 Å². The molecular weight excluding hydrogens is 292 g/mol. The highest BCUT2D eigenvalue weighted by Crippen LogP contribution is 2.15. The number of benzene rings is 1. The van der Waals surface area contributed by atoms with E-state index in [4.69, 9.17) is 4.74 Å². The molecule has 1 atom stereocenters. The summed E-state index contributed by atoms with van der Waals surface area (Å²) in [6.07, 6.45) is 2.26. The summed E-state index contributed by atoms with van der Waals surface area (Å²) in [4.78, 5) is 27.8. The third kappa shape index (κ3) is 4.39. The van der Waals surface area contributed by atoms with Gasteiger partial charge in [-0.05, 0) is 43.2 Å². The molecule has 0 radical (unpaired) electrons. The molecule has 0 aliphatic heterocycles. The molecule has 0 saturated carbocycles. The second-order valence-corrected chi connectivity index (χ2v) is 5.42. The van der Waals surface area contributed by atoms with Crippen LogP contribution in [0.3, 0.4) is 0 Å². The van der Waals surface area contributed by atoms with Crippen LogP contribution in [0.4, 0.5) is 5.69 Å². The first-order valence-corrected chi connectivity index (χ1v) is 7.41. The number of pyridine rings is 1. The molecule has 1 amide bonds. The van der Waals surface area contributed by atoms with E-state index in [-0.39, 0.29) is 17.8 Å². The Kier molecular flexibility index (Phi) is 5.46. The van der Waals surface area contributed by atoms with Crippen LogP contribution in [-0.4, -0.2) is 24.0 Å². The molecule has 0 aliphatic rings. The number of rotatable bonds is 5. The molecule has 0 bridgehead atoms. The number of methoxy groups -OCH3 is 1. The van der Waals surface area contributed by atoms with Crippen molar-refractivity contribution in [2.45, 2.75) is 20.3 Å². The van der Waals surface area contributed by atoms with E-state index < -0.39 is 0 Å². The van der Waals surface area contributed by atoms with Crippen molar-refractivity contribution in [2.75, 3.05) is 12.4 Å². The minimum atomic E-state index is -0.227. The number of carbonyl (C=O) groups excluding carboxylic acids is 2. The molecule has 0 aliphatic carbocycles. The van der Waals surface area contributed by atoms with E-state index in [0.717, 1.165) is 5.56 Å². The highest BCUT2D eigenvalue weighted by Gasteiger charge is 2.14. The number of nitrogens with zero attached hydrogens (tertiary/aromatic N) is 1. The molecule has 0 unspecified atom stereocenters. The van der Waals surface area contributed by atoms with Crippen LogP contribution in [0.25, 0.3) is 0 Å². The largest absolute Gasteiger partial charge is 0.469 e. The number of aromatic nitrogens is 1.